The number of anilines is 1. The first kappa shape index (κ1) is 19.2. The first-order chi connectivity index (χ1) is 14.5. The number of imide groups is 2. The van der Waals surface area contributed by atoms with E-state index in [4.69, 9.17) is 9.47 Å². The van der Waals surface area contributed by atoms with E-state index in [1.54, 1.807) is 43.5 Å². The normalized spacial score (nSPS) is 15.5. The van der Waals surface area contributed by atoms with Gasteiger partial charge in [0, 0.05) is 5.39 Å². The summed E-state index contributed by atoms with van der Waals surface area (Å²) in [5, 5.41) is 3.90. The molecule has 0 aromatic heterocycles. The van der Waals surface area contributed by atoms with Crippen LogP contribution in [0.1, 0.15) is 5.56 Å². The molecule has 0 unspecified atom stereocenters. The van der Waals surface area contributed by atoms with Gasteiger partial charge < -0.3 is 9.47 Å². The number of urea groups is 1. The number of rotatable bonds is 4. The molecular formula is C23H18N2O5. The van der Waals surface area contributed by atoms with Crippen molar-refractivity contribution in [3.8, 4) is 11.5 Å². The second kappa shape index (κ2) is 7.71. The van der Waals surface area contributed by atoms with Gasteiger partial charge in [0.1, 0.15) is 17.1 Å². The van der Waals surface area contributed by atoms with Crippen LogP contribution in [0.2, 0.25) is 0 Å². The molecule has 1 saturated heterocycles. The molecule has 0 aliphatic carbocycles. The Bertz CT molecular complexity index is 1200. The Morgan fingerprint density at radius 3 is 2.20 bits per heavy atom. The summed E-state index contributed by atoms with van der Waals surface area (Å²) in [6.45, 7) is 0. The van der Waals surface area contributed by atoms with Crippen LogP contribution in [0, 0.1) is 0 Å². The third-order valence-electron chi connectivity index (χ3n) is 4.87. The largest absolute Gasteiger partial charge is 0.497 e. The first-order valence-electron chi connectivity index (χ1n) is 9.14. The standard InChI is InChI=1S/C23H18N2O5/c1-29-16-10-8-15(9-11-16)25-22(27)19(21(26)24-23(25)28)13-14-7-12-20(30-2)18-6-4-3-5-17(14)18/h3-13H,1-2H3,(H,24,26,28)/b19-13-. The monoisotopic (exact) mass is 402 g/mol. The van der Waals surface area contributed by atoms with Gasteiger partial charge in [0.15, 0.2) is 0 Å². The van der Waals surface area contributed by atoms with Crippen LogP contribution in [0.4, 0.5) is 10.5 Å². The van der Waals surface area contributed by atoms with Crippen LogP contribution in [-0.2, 0) is 9.59 Å². The number of fused-ring (bicyclic) bond motifs is 1. The summed E-state index contributed by atoms with van der Waals surface area (Å²) >= 11 is 0. The highest BCUT2D eigenvalue weighted by Gasteiger charge is 2.36. The van der Waals surface area contributed by atoms with Crippen LogP contribution in [-0.4, -0.2) is 32.1 Å². The molecule has 1 aliphatic heterocycles. The number of carbonyl (C=O) groups is 3. The molecule has 7 heteroatoms. The molecule has 3 aromatic carbocycles. The molecule has 30 heavy (non-hydrogen) atoms. The smallest absolute Gasteiger partial charge is 0.335 e. The number of methoxy groups -OCH3 is 2. The number of nitrogens with zero attached hydrogens (tertiary/aromatic N) is 1. The second-order valence-corrected chi connectivity index (χ2v) is 6.56. The van der Waals surface area contributed by atoms with Gasteiger partial charge in [-0.3, -0.25) is 14.9 Å². The van der Waals surface area contributed by atoms with Crippen molar-refractivity contribution in [1.29, 1.82) is 0 Å². The maximum Gasteiger partial charge on any atom is 0.335 e. The highest BCUT2D eigenvalue weighted by atomic mass is 16.5. The number of hydrogen-bond donors (Lipinski definition) is 1. The minimum Gasteiger partial charge on any atom is -0.497 e. The Kier molecular flexibility index (Phi) is 4.93. The molecule has 1 heterocycles. The van der Waals surface area contributed by atoms with Gasteiger partial charge in [-0.1, -0.05) is 30.3 Å². The molecule has 4 rings (SSSR count). The highest BCUT2D eigenvalue weighted by Crippen LogP contribution is 2.31. The van der Waals surface area contributed by atoms with Crippen LogP contribution in [0.3, 0.4) is 0 Å². The quantitative estimate of drug-likeness (QED) is 0.533. The van der Waals surface area contributed by atoms with E-state index < -0.39 is 17.8 Å². The van der Waals surface area contributed by atoms with Crippen LogP contribution < -0.4 is 19.7 Å². The molecule has 1 N–H and O–H groups in total. The van der Waals surface area contributed by atoms with Gasteiger partial charge in [0.25, 0.3) is 11.8 Å². The minimum absolute atomic E-state index is 0.138. The van der Waals surface area contributed by atoms with Crippen molar-refractivity contribution in [3.63, 3.8) is 0 Å². The van der Waals surface area contributed by atoms with Gasteiger partial charge in [0.05, 0.1) is 19.9 Å². The summed E-state index contributed by atoms with van der Waals surface area (Å²) in [5.74, 6) is -0.175. The second-order valence-electron chi connectivity index (χ2n) is 6.56. The molecule has 3 aromatic rings. The average molecular weight is 402 g/mol. The van der Waals surface area contributed by atoms with E-state index in [2.05, 4.69) is 5.32 Å². The maximum atomic E-state index is 13.1. The fourth-order valence-corrected chi connectivity index (χ4v) is 3.38. The summed E-state index contributed by atoms with van der Waals surface area (Å²) in [5.41, 5.74) is 0.853. The van der Waals surface area contributed by atoms with Crippen LogP contribution in [0.15, 0.2) is 66.2 Å². The van der Waals surface area contributed by atoms with E-state index in [1.165, 1.54) is 13.2 Å². The molecular weight excluding hydrogens is 384 g/mol. The average Bonchev–Trinajstić information content (AvgIpc) is 2.77. The van der Waals surface area contributed by atoms with Crippen molar-refractivity contribution in [1.82, 2.24) is 5.32 Å². The number of ether oxygens (including phenoxy) is 2. The zero-order valence-electron chi connectivity index (χ0n) is 16.3. The number of nitrogens with one attached hydrogen (secondary N) is 1. The van der Waals surface area contributed by atoms with Gasteiger partial charge in [-0.2, -0.15) is 0 Å². The number of benzene rings is 3. The van der Waals surface area contributed by atoms with Crippen LogP contribution >= 0.6 is 0 Å². The summed E-state index contributed by atoms with van der Waals surface area (Å²) in [6.07, 6.45) is 1.49. The third kappa shape index (κ3) is 3.26. The molecule has 0 saturated carbocycles. The number of amides is 4. The van der Waals surface area contributed by atoms with Gasteiger partial charge in [-0.25, -0.2) is 9.69 Å². The lowest BCUT2D eigenvalue weighted by Crippen LogP contribution is -2.54. The van der Waals surface area contributed by atoms with E-state index in [1.807, 2.05) is 24.3 Å². The number of hydrogen-bond acceptors (Lipinski definition) is 5. The molecule has 4 amide bonds. The van der Waals surface area contributed by atoms with E-state index in [0.717, 1.165) is 15.7 Å². The first-order valence-corrected chi connectivity index (χ1v) is 9.14. The fourth-order valence-electron chi connectivity index (χ4n) is 3.38. The molecule has 1 aliphatic rings. The predicted molar refractivity (Wildman–Crippen MR) is 112 cm³/mol. The van der Waals surface area contributed by atoms with Crippen molar-refractivity contribution >= 4 is 40.4 Å². The van der Waals surface area contributed by atoms with E-state index in [0.29, 0.717) is 22.7 Å². The van der Waals surface area contributed by atoms with Crippen LogP contribution in [0.5, 0.6) is 11.5 Å². The minimum atomic E-state index is -0.799. The Hall–Kier alpha value is -4.13. The summed E-state index contributed by atoms with van der Waals surface area (Å²) in [4.78, 5) is 38.8. The molecule has 1 fully saturated rings. The highest BCUT2D eigenvalue weighted by molar-refractivity contribution is 6.39. The molecule has 0 atom stereocenters. The Morgan fingerprint density at radius 1 is 0.833 bits per heavy atom. The number of carbonyl (C=O) groups excluding carboxylic acids is 3. The van der Waals surface area contributed by atoms with Crippen molar-refractivity contribution in [2.24, 2.45) is 0 Å². The van der Waals surface area contributed by atoms with Gasteiger partial charge in [-0.15, -0.1) is 0 Å². The lowest BCUT2D eigenvalue weighted by Gasteiger charge is -2.26. The molecule has 7 nitrogen and oxygen atoms in total. The third-order valence-corrected chi connectivity index (χ3v) is 4.87. The van der Waals surface area contributed by atoms with E-state index in [9.17, 15) is 14.4 Å². The summed E-state index contributed by atoms with van der Waals surface area (Å²) in [6, 6.07) is 16.7. The predicted octanol–water partition coefficient (Wildman–Crippen LogP) is 3.52. The number of barbiturate groups is 1. The zero-order valence-corrected chi connectivity index (χ0v) is 16.3. The maximum absolute atomic E-state index is 13.1. The Morgan fingerprint density at radius 2 is 1.53 bits per heavy atom. The Labute approximate surface area is 172 Å². The van der Waals surface area contributed by atoms with E-state index in [-0.39, 0.29) is 5.57 Å². The van der Waals surface area contributed by atoms with Crippen molar-refractivity contribution < 1.29 is 23.9 Å². The lowest BCUT2D eigenvalue weighted by atomic mass is 10.00. The SMILES string of the molecule is COc1ccc(N2C(=O)NC(=O)/C(=C/c3ccc(OC)c4ccccc34)C2=O)cc1. The van der Waals surface area contributed by atoms with Crippen molar-refractivity contribution in [2.75, 3.05) is 19.1 Å². The molecule has 0 spiro atoms. The topological polar surface area (TPSA) is 84.9 Å². The lowest BCUT2D eigenvalue weighted by molar-refractivity contribution is -0.122. The van der Waals surface area contributed by atoms with E-state index >= 15 is 0 Å². The van der Waals surface area contributed by atoms with Gasteiger partial charge in [0.2, 0.25) is 0 Å². The molecule has 150 valence electrons. The van der Waals surface area contributed by atoms with Gasteiger partial charge >= 0.3 is 6.03 Å². The Balaban J connectivity index is 1.79. The molecule has 0 radical (unpaired) electrons. The van der Waals surface area contributed by atoms with Crippen LogP contribution in [0.25, 0.3) is 16.8 Å². The summed E-state index contributed by atoms with van der Waals surface area (Å²) in [7, 11) is 3.10. The van der Waals surface area contributed by atoms with Gasteiger partial charge in [-0.05, 0) is 47.4 Å². The van der Waals surface area contributed by atoms with Crippen molar-refractivity contribution in [2.45, 2.75) is 0 Å². The fraction of sp³-hybridized carbons (Fsp3) is 0.0870. The van der Waals surface area contributed by atoms with Crippen molar-refractivity contribution in [3.05, 3.63) is 71.8 Å². The zero-order chi connectivity index (χ0) is 21.3. The summed E-state index contributed by atoms with van der Waals surface area (Å²) < 4.78 is 10.5. The molecule has 0 bridgehead atoms.